The first-order valence-corrected chi connectivity index (χ1v) is 6.00. The van der Waals surface area contributed by atoms with Crippen LogP contribution in [0.1, 0.15) is 25.3 Å². The Balaban J connectivity index is 2.57. The summed E-state index contributed by atoms with van der Waals surface area (Å²) in [5.74, 6) is 1.93. The minimum atomic E-state index is 0.290. The van der Waals surface area contributed by atoms with Crippen molar-refractivity contribution in [3.8, 4) is 17.1 Å². The fourth-order valence-electron chi connectivity index (χ4n) is 1.83. The van der Waals surface area contributed by atoms with E-state index in [0.29, 0.717) is 22.4 Å². The van der Waals surface area contributed by atoms with Crippen LogP contribution in [0.4, 0.5) is 5.82 Å². The lowest BCUT2D eigenvalue weighted by atomic mass is 9.98. The molecule has 96 valence electrons. The molecule has 2 rings (SSSR count). The number of rotatable bonds is 3. The summed E-state index contributed by atoms with van der Waals surface area (Å²) in [4.78, 5) is 0. The number of nitrogen functional groups attached to an aromatic ring is 1. The van der Waals surface area contributed by atoms with Crippen LogP contribution in [0.25, 0.3) is 11.3 Å². The molecule has 0 unspecified atom stereocenters. The number of hydrogen-bond acceptors (Lipinski definition) is 4. The first kappa shape index (κ1) is 12.8. The second-order valence-electron chi connectivity index (χ2n) is 4.35. The van der Waals surface area contributed by atoms with E-state index in [2.05, 4.69) is 19.0 Å². The molecule has 0 aliphatic carbocycles. The van der Waals surface area contributed by atoms with Gasteiger partial charge in [-0.25, -0.2) is 0 Å². The van der Waals surface area contributed by atoms with Crippen LogP contribution >= 0.6 is 11.6 Å². The van der Waals surface area contributed by atoms with Gasteiger partial charge in [-0.1, -0.05) is 30.6 Å². The van der Waals surface area contributed by atoms with E-state index in [0.717, 1.165) is 11.1 Å². The van der Waals surface area contributed by atoms with Gasteiger partial charge < -0.3 is 15.0 Å². The molecule has 0 bridgehead atoms. The molecule has 0 atom stereocenters. The molecule has 18 heavy (non-hydrogen) atoms. The normalized spacial score (nSPS) is 10.9. The zero-order valence-electron chi connectivity index (χ0n) is 10.5. The van der Waals surface area contributed by atoms with Crippen molar-refractivity contribution in [1.29, 1.82) is 0 Å². The summed E-state index contributed by atoms with van der Waals surface area (Å²) in [6.07, 6.45) is 0. The number of halogens is 1. The van der Waals surface area contributed by atoms with Gasteiger partial charge >= 0.3 is 0 Å². The lowest BCUT2D eigenvalue weighted by molar-refractivity contribution is 0.407. The Kier molecular flexibility index (Phi) is 3.48. The van der Waals surface area contributed by atoms with E-state index in [-0.39, 0.29) is 5.92 Å². The van der Waals surface area contributed by atoms with E-state index in [9.17, 15) is 0 Å². The van der Waals surface area contributed by atoms with Crippen LogP contribution in [0.5, 0.6) is 5.75 Å². The Hall–Kier alpha value is -1.68. The summed E-state index contributed by atoms with van der Waals surface area (Å²) >= 11 is 6.22. The minimum Gasteiger partial charge on any atom is -0.495 e. The first-order chi connectivity index (χ1) is 8.52. The standard InChI is InChI=1S/C13H15ClN2O2/c1-7(2)9-4-8(5-10(14)13(9)17-3)11-6-12(15)16-18-11/h4-7H,1-3H3,(H2,15,16). The van der Waals surface area contributed by atoms with Crippen molar-refractivity contribution < 1.29 is 9.26 Å². The van der Waals surface area contributed by atoms with Gasteiger partial charge in [0.2, 0.25) is 0 Å². The molecule has 1 aromatic carbocycles. The van der Waals surface area contributed by atoms with Crippen molar-refractivity contribution in [1.82, 2.24) is 5.16 Å². The molecule has 0 aliphatic heterocycles. The van der Waals surface area contributed by atoms with E-state index >= 15 is 0 Å². The molecule has 0 saturated heterocycles. The van der Waals surface area contributed by atoms with Gasteiger partial charge in [0.1, 0.15) is 5.75 Å². The quantitative estimate of drug-likeness (QED) is 0.920. The van der Waals surface area contributed by atoms with E-state index in [1.165, 1.54) is 0 Å². The molecule has 2 N–H and O–H groups in total. The van der Waals surface area contributed by atoms with Crippen molar-refractivity contribution >= 4 is 17.4 Å². The number of anilines is 1. The van der Waals surface area contributed by atoms with Gasteiger partial charge in [0, 0.05) is 11.6 Å². The Labute approximate surface area is 111 Å². The van der Waals surface area contributed by atoms with Crippen LogP contribution < -0.4 is 10.5 Å². The third-order valence-electron chi connectivity index (χ3n) is 2.71. The maximum atomic E-state index is 6.22. The summed E-state index contributed by atoms with van der Waals surface area (Å²) in [6.45, 7) is 4.15. The predicted molar refractivity (Wildman–Crippen MR) is 72.0 cm³/mol. The molecule has 0 aliphatic rings. The van der Waals surface area contributed by atoms with Crippen molar-refractivity contribution in [3.63, 3.8) is 0 Å². The molecule has 4 nitrogen and oxygen atoms in total. The highest BCUT2D eigenvalue weighted by Gasteiger charge is 2.15. The third kappa shape index (κ3) is 2.29. The third-order valence-corrected chi connectivity index (χ3v) is 2.99. The topological polar surface area (TPSA) is 61.3 Å². The summed E-state index contributed by atoms with van der Waals surface area (Å²) in [7, 11) is 1.61. The highest BCUT2D eigenvalue weighted by molar-refractivity contribution is 6.32. The highest BCUT2D eigenvalue weighted by Crippen LogP contribution is 2.38. The summed E-state index contributed by atoms with van der Waals surface area (Å²) in [5, 5.41) is 4.22. The largest absolute Gasteiger partial charge is 0.495 e. The van der Waals surface area contributed by atoms with Gasteiger partial charge in [0.15, 0.2) is 11.6 Å². The van der Waals surface area contributed by atoms with Crippen molar-refractivity contribution in [2.24, 2.45) is 0 Å². The first-order valence-electron chi connectivity index (χ1n) is 5.63. The van der Waals surface area contributed by atoms with Crippen molar-refractivity contribution in [2.45, 2.75) is 19.8 Å². The minimum absolute atomic E-state index is 0.290. The molecule has 0 spiro atoms. The Morgan fingerprint density at radius 2 is 2.06 bits per heavy atom. The van der Waals surface area contributed by atoms with Crippen LogP contribution in [-0.2, 0) is 0 Å². The Bertz CT molecular complexity index is 564. The summed E-state index contributed by atoms with van der Waals surface area (Å²) < 4.78 is 10.5. The molecule has 0 amide bonds. The number of ether oxygens (including phenoxy) is 1. The predicted octanol–water partition coefficient (Wildman–Crippen LogP) is 3.71. The number of methoxy groups -OCH3 is 1. The highest BCUT2D eigenvalue weighted by atomic mass is 35.5. The molecule has 0 radical (unpaired) electrons. The summed E-state index contributed by atoms with van der Waals surface area (Å²) in [6, 6.07) is 5.43. The monoisotopic (exact) mass is 266 g/mol. The number of nitrogens with zero attached hydrogens (tertiary/aromatic N) is 1. The number of nitrogens with two attached hydrogens (primary N) is 1. The molecular formula is C13H15ClN2O2. The number of aromatic nitrogens is 1. The van der Waals surface area contributed by atoms with Crippen LogP contribution in [0.2, 0.25) is 5.02 Å². The average Bonchev–Trinajstić information content (AvgIpc) is 2.74. The molecule has 1 aromatic heterocycles. The van der Waals surface area contributed by atoms with Crippen LogP contribution in [0.15, 0.2) is 22.7 Å². The zero-order chi connectivity index (χ0) is 13.3. The van der Waals surface area contributed by atoms with Gasteiger partial charge in [0.05, 0.1) is 12.1 Å². The van der Waals surface area contributed by atoms with Gasteiger partial charge in [-0.05, 0) is 23.6 Å². The number of benzene rings is 1. The van der Waals surface area contributed by atoms with E-state index in [1.807, 2.05) is 6.07 Å². The van der Waals surface area contributed by atoms with Crippen molar-refractivity contribution in [2.75, 3.05) is 12.8 Å². The summed E-state index contributed by atoms with van der Waals surface area (Å²) in [5.41, 5.74) is 7.41. The molecule has 5 heteroatoms. The maximum absolute atomic E-state index is 6.22. The van der Waals surface area contributed by atoms with E-state index in [4.69, 9.17) is 26.6 Å². The molecule has 2 aromatic rings. The second-order valence-corrected chi connectivity index (χ2v) is 4.76. The van der Waals surface area contributed by atoms with E-state index in [1.54, 1.807) is 19.2 Å². The van der Waals surface area contributed by atoms with Gasteiger partial charge in [-0.3, -0.25) is 0 Å². The van der Waals surface area contributed by atoms with Gasteiger partial charge in [-0.2, -0.15) is 0 Å². The second kappa shape index (κ2) is 4.90. The van der Waals surface area contributed by atoms with E-state index < -0.39 is 0 Å². The molecule has 0 fully saturated rings. The van der Waals surface area contributed by atoms with Crippen LogP contribution in [-0.4, -0.2) is 12.3 Å². The Morgan fingerprint density at radius 3 is 2.56 bits per heavy atom. The number of hydrogen-bond donors (Lipinski definition) is 1. The molecule has 1 heterocycles. The fraction of sp³-hybridized carbons (Fsp3) is 0.308. The van der Waals surface area contributed by atoms with Crippen LogP contribution in [0.3, 0.4) is 0 Å². The smallest absolute Gasteiger partial charge is 0.169 e. The van der Waals surface area contributed by atoms with Gasteiger partial charge in [0.25, 0.3) is 0 Å². The molecule has 0 saturated carbocycles. The zero-order valence-corrected chi connectivity index (χ0v) is 11.3. The molecular weight excluding hydrogens is 252 g/mol. The van der Waals surface area contributed by atoms with Crippen molar-refractivity contribution in [3.05, 3.63) is 28.8 Å². The van der Waals surface area contributed by atoms with Crippen LogP contribution in [0, 0.1) is 0 Å². The average molecular weight is 267 g/mol. The fourth-order valence-corrected chi connectivity index (χ4v) is 2.13. The lowest BCUT2D eigenvalue weighted by Gasteiger charge is -2.14. The van der Waals surface area contributed by atoms with Gasteiger partial charge in [-0.15, -0.1) is 0 Å². The lowest BCUT2D eigenvalue weighted by Crippen LogP contribution is -1.96. The Morgan fingerprint density at radius 1 is 1.33 bits per heavy atom. The maximum Gasteiger partial charge on any atom is 0.169 e. The SMILES string of the molecule is COc1c(Cl)cc(-c2cc(N)no2)cc1C(C)C.